The summed E-state index contributed by atoms with van der Waals surface area (Å²) in [6.45, 7) is 7.58. The summed E-state index contributed by atoms with van der Waals surface area (Å²) >= 11 is 0. The van der Waals surface area contributed by atoms with E-state index in [-0.39, 0.29) is 5.97 Å². The summed E-state index contributed by atoms with van der Waals surface area (Å²) in [5, 5.41) is 3.41. The minimum Gasteiger partial charge on any atom is -0.468 e. The number of carbonyl (C=O) groups excluding carboxylic acids is 1. The quantitative estimate of drug-likeness (QED) is 0.765. The molecule has 0 aromatic heterocycles. The molecule has 0 spiro atoms. The molecule has 2 unspecified atom stereocenters. The molecule has 4 nitrogen and oxygen atoms in total. The van der Waals surface area contributed by atoms with Crippen LogP contribution in [0.15, 0.2) is 0 Å². The molecule has 21 heavy (non-hydrogen) atoms. The van der Waals surface area contributed by atoms with E-state index in [1.807, 2.05) is 0 Å². The lowest BCUT2D eigenvalue weighted by molar-refractivity contribution is -0.148. The molecule has 2 aliphatic rings. The first-order chi connectivity index (χ1) is 10.1. The van der Waals surface area contributed by atoms with Crippen LogP contribution in [0, 0.1) is 5.92 Å². The third kappa shape index (κ3) is 3.78. The molecule has 2 rings (SSSR count). The molecule has 2 fully saturated rings. The van der Waals surface area contributed by atoms with Crippen molar-refractivity contribution in [2.45, 2.75) is 70.4 Å². The van der Waals surface area contributed by atoms with Gasteiger partial charge in [0.25, 0.3) is 0 Å². The molecule has 122 valence electrons. The molecule has 0 aromatic rings. The Kier molecular flexibility index (Phi) is 6.06. The molecule has 1 N–H and O–H groups in total. The number of likely N-dealkylation sites (tertiary alicyclic amines) is 1. The molecule has 4 heteroatoms. The first-order valence-electron chi connectivity index (χ1n) is 8.72. The molecule has 2 atom stereocenters. The van der Waals surface area contributed by atoms with Crippen molar-refractivity contribution >= 4 is 5.97 Å². The smallest absolute Gasteiger partial charge is 0.326 e. The number of ether oxygens (including phenoxy) is 1. The lowest BCUT2D eigenvalue weighted by atomic mass is 9.91. The summed E-state index contributed by atoms with van der Waals surface area (Å²) in [7, 11) is 1.50. The zero-order valence-electron chi connectivity index (χ0n) is 14.0. The van der Waals surface area contributed by atoms with E-state index in [1.165, 1.54) is 45.9 Å². The number of esters is 1. The van der Waals surface area contributed by atoms with Gasteiger partial charge in [-0.2, -0.15) is 0 Å². The molecule has 0 bridgehead atoms. The van der Waals surface area contributed by atoms with Crippen LogP contribution < -0.4 is 5.32 Å². The zero-order chi connectivity index (χ0) is 15.3. The summed E-state index contributed by atoms with van der Waals surface area (Å²) in [5.74, 6) is 0.847. The van der Waals surface area contributed by atoms with E-state index >= 15 is 0 Å². The van der Waals surface area contributed by atoms with Crippen molar-refractivity contribution in [1.29, 1.82) is 0 Å². The van der Waals surface area contributed by atoms with Crippen LogP contribution in [-0.4, -0.2) is 49.2 Å². The van der Waals surface area contributed by atoms with Crippen LogP contribution in [0.5, 0.6) is 0 Å². The van der Waals surface area contributed by atoms with E-state index < -0.39 is 5.54 Å². The Labute approximate surface area is 129 Å². The van der Waals surface area contributed by atoms with Gasteiger partial charge >= 0.3 is 5.97 Å². The molecule has 1 aliphatic carbocycles. The first-order valence-corrected chi connectivity index (χ1v) is 8.72. The average molecular weight is 296 g/mol. The van der Waals surface area contributed by atoms with E-state index in [0.29, 0.717) is 6.04 Å². The van der Waals surface area contributed by atoms with Gasteiger partial charge in [0.05, 0.1) is 7.11 Å². The van der Waals surface area contributed by atoms with E-state index in [1.54, 1.807) is 0 Å². The van der Waals surface area contributed by atoms with Gasteiger partial charge in [0.15, 0.2) is 0 Å². The second kappa shape index (κ2) is 7.59. The SMILES string of the molecule is CCCC1CCN(C2CCC(NCC)(C(=O)OC)C2)CC1. The summed E-state index contributed by atoms with van der Waals surface area (Å²) < 4.78 is 5.05. The molecule has 1 aliphatic heterocycles. The Morgan fingerprint density at radius 3 is 2.57 bits per heavy atom. The maximum atomic E-state index is 12.2. The fraction of sp³-hybridized carbons (Fsp3) is 0.941. The molecular weight excluding hydrogens is 264 g/mol. The third-order valence-corrected chi connectivity index (χ3v) is 5.44. The van der Waals surface area contributed by atoms with E-state index in [0.717, 1.165) is 31.7 Å². The van der Waals surface area contributed by atoms with Crippen LogP contribution in [0.2, 0.25) is 0 Å². The Bertz CT molecular complexity index is 340. The number of nitrogens with zero attached hydrogens (tertiary/aromatic N) is 1. The van der Waals surface area contributed by atoms with Crippen molar-refractivity contribution < 1.29 is 9.53 Å². The summed E-state index contributed by atoms with van der Waals surface area (Å²) in [4.78, 5) is 14.8. The Balaban J connectivity index is 1.91. The number of nitrogens with one attached hydrogen (secondary N) is 1. The second-order valence-electron chi connectivity index (χ2n) is 6.77. The van der Waals surface area contributed by atoms with Gasteiger partial charge in [-0.15, -0.1) is 0 Å². The van der Waals surface area contributed by atoms with Gasteiger partial charge < -0.3 is 15.0 Å². The minimum atomic E-state index is -0.436. The van der Waals surface area contributed by atoms with Crippen molar-refractivity contribution in [3.8, 4) is 0 Å². The highest BCUT2D eigenvalue weighted by Crippen LogP contribution is 2.36. The topological polar surface area (TPSA) is 41.6 Å². The molecule has 0 radical (unpaired) electrons. The van der Waals surface area contributed by atoms with Gasteiger partial charge in [0.2, 0.25) is 0 Å². The minimum absolute atomic E-state index is 0.0762. The summed E-state index contributed by atoms with van der Waals surface area (Å²) in [5.41, 5.74) is -0.436. The maximum absolute atomic E-state index is 12.2. The van der Waals surface area contributed by atoms with Crippen molar-refractivity contribution in [2.24, 2.45) is 5.92 Å². The molecule has 1 saturated carbocycles. The van der Waals surface area contributed by atoms with Gasteiger partial charge in [-0.3, -0.25) is 4.79 Å². The van der Waals surface area contributed by atoms with Crippen LogP contribution >= 0.6 is 0 Å². The van der Waals surface area contributed by atoms with Crippen LogP contribution in [-0.2, 0) is 9.53 Å². The lowest BCUT2D eigenvalue weighted by Crippen LogP contribution is -2.52. The van der Waals surface area contributed by atoms with Crippen LogP contribution in [0.1, 0.15) is 58.8 Å². The van der Waals surface area contributed by atoms with E-state index in [4.69, 9.17) is 4.74 Å². The van der Waals surface area contributed by atoms with E-state index in [2.05, 4.69) is 24.1 Å². The van der Waals surface area contributed by atoms with E-state index in [9.17, 15) is 4.79 Å². The highest BCUT2D eigenvalue weighted by Gasteiger charge is 2.47. The number of hydrogen-bond donors (Lipinski definition) is 1. The lowest BCUT2D eigenvalue weighted by Gasteiger charge is -2.37. The van der Waals surface area contributed by atoms with Crippen LogP contribution in [0.3, 0.4) is 0 Å². The normalized spacial score (nSPS) is 31.5. The van der Waals surface area contributed by atoms with Gasteiger partial charge in [0, 0.05) is 6.04 Å². The number of rotatable bonds is 6. The predicted molar refractivity (Wildman–Crippen MR) is 85.3 cm³/mol. The molecule has 0 aromatic carbocycles. The number of hydrogen-bond acceptors (Lipinski definition) is 4. The van der Waals surface area contributed by atoms with Crippen LogP contribution in [0.4, 0.5) is 0 Å². The fourth-order valence-electron chi connectivity index (χ4n) is 4.30. The van der Waals surface area contributed by atoms with Crippen molar-refractivity contribution in [1.82, 2.24) is 10.2 Å². The predicted octanol–water partition coefficient (Wildman–Crippen LogP) is 2.57. The number of piperidine rings is 1. The molecule has 1 saturated heterocycles. The van der Waals surface area contributed by atoms with Crippen LogP contribution in [0.25, 0.3) is 0 Å². The van der Waals surface area contributed by atoms with Gasteiger partial charge in [-0.25, -0.2) is 0 Å². The number of carbonyl (C=O) groups is 1. The van der Waals surface area contributed by atoms with Crippen molar-refractivity contribution in [3.63, 3.8) is 0 Å². The van der Waals surface area contributed by atoms with Gasteiger partial charge in [-0.05, 0) is 57.7 Å². The Hall–Kier alpha value is -0.610. The van der Waals surface area contributed by atoms with Crippen molar-refractivity contribution in [3.05, 3.63) is 0 Å². The summed E-state index contributed by atoms with van der Waals surface area (Å²) in [6, 6.07) is 0.547. The molecular formula is C17H32N2O2. The number of likely N-dealkylation sites (N-methyl/N-ethyl adjacent to an activating group) is 1. The largest absolute Gasteiger partial charge is 0.468 e. The average Bonchev–Trinajstić information content (AvgIpc) is 2.93. The highest BCUT2D eigenvalue weighted by molar-refractivity contribution is 5.81. The Morgan fingerprint density at radius 2 is 2.00 bits per heavy atom. The summed E-state index contributed by atoms with van der Waals surface area (Å²) in [6.07, 6.45) is 8.27. The highest BCUT2D eigenvalue weighted by atomic mass is 16.5. The maximum Gasteiger partial charge on any atom is 0.326 e. The second-order valence-corrected chi connectivity index (χ2v) is 6.77. The Morgan fingerprint density at radius 1 is 1.29 bits per heavy atom. The monoisotopic (exact) mass is 296 g/mol. The van der Waals surface area contributed by atoms with Gasteiger partial charge in [0.1, 0.15) is 5.54 Å². The zero-order valence-corrected chi connectivity index (χ0v) is 14.0. The molecule has 1 heterocycles. The number of methoxy groups -OCH3 is 1. The fourth-order valence-corrected chi connectivity index (χ4v) is 4.30. The van der Waals surface area contributed by atoms with Gasteiger partial charge in [-0.1, -0.05) is 26.7 Å². The first kappa shape index (κ1) is 16.8. The van der Waals surface area contributed by atoms with Crippen molar-refractivity contribution in [2.75, 3.05) is 26.7 Å². The molecule has 0 amide bonds. The third-order valence-electron chi connectivity index (χ3n) is 5.44. The standard InChI is InChI=1S/C17H32N2O2/c1-4-6-14-8-11-19(12-9-14)15-7-10-17(13-15,18-5-2)16(20)21-3/h14-15,18H,4-13H2,1-3H3.